The lowest BCUT2D eigenvalue weighted by Gasteiger charge is -2.59. The Balaban J connectivity index is 1.22. The molecule has 1 amide bonds. The average molecular weight is 529 g/mol. The number of carbonyl (C=O) groups excluding carboxylic acids is 2. The maximum absolute atomic E-state index is 12.9. The molecule has 2 N–H and O–H groups in total. The van der Waals surface area contributed by atoms with Crippen LogP contribution in [-0.2, 0) is 31.0 Å². The SMILES string of the molecule is COc1ccc2c3c1O[C@H]1[C@@H](CC(=O)OCCCC(=O)NC(C(=O)O)C(C)C)CCC4[C@@H](C2)N(C)CC[C@@]341. The second-order valence-corrected chi connectivity index (χ2v) is 11.8. The monoisotopic (exact) mass is 528 g/mol. The molecular weight excluding hydrogens is 488 g/mol. The van der Waals surface area contributed by atoms with Gasteiger partial charge in [0.2, 0.25) is 5.91 Å². The van der Waals surface area contributed by atoms with Crippen LogP contribution in [0, 0.1) is 17.8 Å². The lowest BCUT2D eigenvalue weighted by Crippen LogP contribution is -2.65. The summed E-state index contributed by atoms with van der Waals surface area (Å²) in [5.41, 5.74) is 2.58. The lowest BCUT2D eigenvalue weighted by atomic mass is 9.50. The number of rotatable bonds is 10. The summed E-state index contributed by atoms with van der Waals surface area (Å²) < 4.78 is 17.9. The zero-order valence-electron chi connectivity index (χ0n) is 22.8. The maximum Gasteiger partial charge on any atom is 0.326 e. The van der Waals surface area contributed by atoms with Crippen LogP contribution in [-0.4, -0.2) is 73.3 Å². The summed E-state index contributed by atoms with van der Waals surface area (Å²) in [4.78, 5) is 38.8. The predicted octanol–water partition coefficient (Wildman–Crippen LogP) is 2.92. The Bertz CT molecular complexity index is 1100. The largest absolute Gasteiger partial charge is 0.493 e. The molecule has 2 aliphatic carbocycles. The van der Waals surface area contributed by atoms with Crippen LogP contribution in [0.25, 0.3) is 0 Å². The number of hydrogen-bond donors (Lipinski definition) is 2. The normalized spacial score (nSPS) is 29.7. The van der Waals surface area contributed by atoms with Gasteiger partial charge in [-0.1, -0.05) is 19.9 Å². The number of likely N-dealkylation sites (N-methyl/N-ethyl adjacent to an activating group) is 1. The number of amides is 1. The number of aliphatic carboxylic acids is 1. The van der Waals surface area contributed by atoms with Crippen molar-refractivity contribution in [3.05, 3.63) is 23.3 Å². The molecule has 0 aromatic heterocycles. The number of hydrogen-bond acceptors (Lipinski definition) is 7. The highest BCUT2D eigenvalue weighted by Crippen LogP contribution is 2.65. The van der Waals surface area contributed by atoms with Gasteiger partial charge >= 0.3 is 11.9 Å². The minimum Gasteiger partial charge on any atom is -0.493 e. The summed E-state index contributed by atoms with van der Waals surface area (Å²) in [6.07, 6.45) is 4.67. The summed E-state index contributed by atoms with van der Waals surface area (Å²) in [5.74, 6) is 0.297. The van der Waals surface area contributed by atoms with Crippen LogP contribution in [0.5, 0.6) is 11.5 Å². The van der Waals surface area contributed by atoms with Crippen LogP contribution >= 0.6 is 0 Å². The molecule has 2 heterocycles. The van der Waals surface area contributed by atoms with Crippen molar-refractivity contribution in [3.8, 4) is 11.5 Å². The zero-order chi connectivity index (χ0) is 27.2. The Kier molecular flexibility index (Phi) is 7.33. The number of nitrogens with one attached hydrogen (secondary N) is 1. The van der Waals surface area contributed by atoms with E-state index < -0.39 is 12.0 Å². The molecule has 0 radical (unpaired) electrons. The number of nitrogens with zero attached hydrogens (tertiary/aromatic N) is 1. The number of benzene rings is 1. The summed E-state index contributed by atoms with van der Waals surface area (Å²) in [7, 11) is 3.91. The number of carbonyl (C=O) groups is 3. The number of ether oxygens (including phenoxy) is 3. The van der Waals surface area contributed by atoms with Crippen LogP contribution in [0.2, 0.25) is 0 Å². The van der Waals surface area contributed by atoms with E-state index in [4.69, 9.17) is 14.2 Å². The van der Waals surface area contributed by atoms with Crippen LogP contribution in [0.1, 0.15) is 63.5 Å². The number of carboxylic acid groups (broad SMARTS) is 1. The quantitative estimate of drug-likeness (QED) is 0.352. The Morgan fingerprint density at radius 2 is 2.05 bits per heavy atom. The molecule has 2 aliphatic heterocycles. The molecule has 2 unspecified atom stereocenters. The van der Waals surface area contributed by atoms with E-state index in [-0.39, 0.29) is 54.7 Å². The number of esters is 1. The summed E-state index contributed by atoms with van der Waals surface area (Å²) in [6.45, 7) is 4.63. The van der Waals surface area contributed by atoms with Gasteiger partial charge in [0.1, 0.15) is 12.1 Å². The van der Waals surface area contributed by atoms with Gasteiger partial charge in [-0.25, -0.2) is 4.79 Å². The van der Waals surface area contributed by atoms with E-state index in [1.165, 1.54) is 11.1 Å². The van der Waals surface area contributed by atoms with Crippen LogP contribution < -0.4 is 14.8 Å². The number of carboxylic acids is 1. The zero-order valence-corrected chi connectivity index (χ0v) is 22.8. The first-order valence-corrected chi connectivity index (χ1v) is 13.9. The molecule has 208 valence electrons. The van der Waals surface area contributed by atoms with Gasteiger partial charge < -0.3 is 29.5 Å². The molecule has 6 atom stereocenters. The lowest BCUT2D eigenvalue weighted by molar-refractivity contribution is -0.148. The Morgan fingerprint density at radius 3 is 2.76 bits per heavy atom. The minimum absolute atomic E-state index is 0.0523. The summed E-state index contributed by atoms with van der Waals surface area (Å²) in [5, 5.41) is 11.8. The smallest absolute Gasteiger partial charge is 0.326 e. The molecule has 1 aromatic carbocycles. The van der Waals surface area contributed by atoms with Crippen LogP contribution in [0.4, 0.5) is 0 Å². The van der Waals surface area contributed by atoms with Crippen molar-refractivity contribution in [2.75, 3.05) is 27.3 Å². The Hall–Kier alpha value is -2.81. The highest BCUT2D eigenvalue weighted by atomic mass is 16.5. The van der Waals surface area contributed by atoms with Gasteiger partial charge in [-0.15, -0.1) is 0 Å². The molecule has 5 rings (SSSR count). The third-order valence-electron chi connectivity index (χ3n) is 9.41. The highest BCUT2D eigenvalue weighted by Gasteiger charge is 2.65. The fourth-order valence-electron chi connectivity index (χ4n) is 7.66. The number of methoxy groups -OCH3 is 1. The van der Waals surface area contributed by atoms with Crippen molar-refractivity contribution >= 4 is 17.8 Å². The van der Waals surface area contributed by atoms with Crippen LogP contribution in [0.15, 0.2) is 12.1 Å². The van der Waals surface area contributed by atoms with Gasteiger partial charge in [0.25, 0.3) is 0 Å². The van der Waals surface area contributed by atoms with Gasteiger partial charge in [-0.05, 0) is 69.2 Å². The van der Waals surface area contributed by atoms with Crippen molar-refractivity contribution in [3.63, 3.8) is 0 Å². The van der Waals surface area contributed by atoms with Gasteiger partial charge in [0, 0.05) is 29.4 Å². The molecule has 1 saturated heterocycles. The van der Waals surface area contributed by atoms with Crippen molar-refractivity contribution in [1.29, 1.82) is 0 Å². The number of likely N-dealkylation sites (tertiary alicyclic amines) is 1. The van der Waals surface area contributed by atoms with Crippen molar-refractivity contribution in [1.82, 2.24) is 10.2 Å². The van der Waals surface area contributed by atoms with Gasteiger partial charge in [-0.2, -0.15) is 0 Å². The standard InChI is InChI=1S/C29H40N2O7/c1-16(2)25(28(34)35)30-22(32)6-5-13-37-23(33)15-18-7-9-19-20-14-17-8-10-21(36-4)26-24(17)29(19,27(18)38-26)11-12-31(20)3/h8,10,16,18-20,25,27H,5-7,9,11-15H2,1-4H3,(H,30,32)(H,34,35)/t18-,19?,20-,25?,27+,29+/m1/s1. The number of piperidine rings is 1. The fraction of sp³-hybridized carbons (Fsp3) is 0.690. The molecule has 2 bridgehead atoms. The van der Waals surface area contributed by atoms with Gasteiger partial charge in [0.05, 0.1) is 20.1 Å². The second kappa shape index (κ2) is 10.4. The van der Waals surface area contributed by atoms with Crippen molar-refractivity contribution < 1.29 is 33.7 Å². The summed E-state index contributed by atoms with van der Waals surface area (Å²) in [6, 6.07) is 3.77. The Labute approximate surface area is 224 Å². The second-order valence-electron chi connectivity index (χ2n) is 11.8. The van der Waals surface area contributed by atoms with Gasteiger partial charge in [0.15, 0.2) is 11.5 Å². The van der Waals surface area contributed by atoms with Gasteiger partial charge in [-0.3, -0.25) is 9.59 Å². The van der Waals surface area contributed by atoms with Crippen molar-refractivity contribution in [2.45, 2.75) is 82.4 Å². The molecule has 4 aliphatic rings. The molecule has 1 aromatic rings. The minimum atomic E-state index is -1.05. The molecule has 1 spiro atoms. The fourth-order valence-corrected chi connectivity index (χ4v) is 7.66. The van der Waals surface area contributed by atoms with E-state index in [0.717, 1.165) is 43.7 Å². The van der Waals surface area contributed by atoms with E-state index in [0.29, 0.717) is 18.4 Å². The summed E-state index contributed by atoms with van der Waals surface area (Å²) >= 11 is 0. The third-order valence-corrected chi connectivity index (χ3v) is 9.41. The average Bonchev–Trinajstić information content (AvgIpc) is 3.23. The van der Waals surface area contributed by atoms with Crippen molar-refractivity contribution in [2.24, 2.45) is 17.8 Å². The van der Waals surface area contributed by atoms with E-state index in [1.807, 2.05) is 6.07 Å². The highest BCUT2D eigenvalue weighted by molar-refractivity contribution is 5.83. The van der Waals surface area contributed by atoms with E-state index in [9.17, 15) is 19.5 Å². The third kappa shape index (κ3) is 4.42. The molecular formula is C29H40N2O7. The first-order chi connectivity index (χ1) is 18.2. The maximum atomic E-state index is 12.9. The first kappa shape index (κ1) is 26.8. The Morgan fingerprint density at radius 1 is 1.26 bits per heavy atom. The van der Waals surface area contributed by atoms with E-state index in [2.05, 4.69) is 23.3 Å². The molecule has 9 heteroatoms. The van der Waals surface area contributed by atoms with E-state index in [1.54, 1.807) is 21.0 Å². The molecule has 9 nitrogen and oxygen atoms in total. The molecule has 2 fully saturated rings. The first-order valence-electron chi connectivity index (χ1n) is 13.9. The van der Waals surface area contributed by atoms with Crippen LogP contribution in [0.3, 0.4) is 0 Å². The molecule has 38 heavy (non-hydrogen) atoms. The predicted molar refractivity (Wildman–Crippen MR) is 139 cm³/mol. The molecule has 1 saturated carbocycles. The van der Waals surface area contributed by atoms with E-state index >= 15 is 0 Å². The topological polar surface area (TPSA) is 114 Å².